The van der Waals surface area contributed by atoms with Crippen LogP contribution in [-0.4, -0.2) is 77.5 Å². The van der Waals surface area contributed by atoms with Crippen LogP contribution in [0.5, 0.6) is 0 Å². The van der Waals surface area contributed by atoms with Crippen LogP contribution in [0.25, 0.3) is 0 Å². The molecule has 0 radical (unpaired) electrons. The van der Waals surface area contributed by atoms with Gasteiger partial charge >= 0.3 is 5.97 Å². The lowest BCUT2D eigenvalue weighted by molar-refractivity contribution is -0.254. The fourth-order valence-electron chi connectivity index (χ4n) is 1.80. The molecule has 0 aromatic carbocycles. The lowest BCUT2D eigenvalue weighted by Crippen LogP contribution is -2.56. The Morgan fingerprint density at radius 2 is 2.00 bits per heavy atom. The molecule has 5 atom stereocenters. The van der Waals surface area contributed by atoms with E-state index in [4.69, 9.17) is 14.9 Å². The zero-order valence-electron chi connectivity index (χ0n) is 9.57. The molecule has 1 aliphatic heterocycles. The molecule has 0 saturated carbocycles. The molecule has 19 heavy (non-hydrogen) atoms. The molecule has 0 spiro atoms. The predicted octanol–water partition coefficient (Wildman–Crippen LogP) is -3.05. The third kappa shape index (κ3) is 2.43. The third-order valence-electron chi connectivity index (χ3n) is 2.86. The summed E-state index contributed by atoms with van der Waals surface area (Å²) in [6.45, 7) is -0.581. The summed E-state index contributed by atoms with van der Waals surface area (Å²) < 4.78 is 6.08. The smallest absolute Gasteiger partial charge is 0.358 e. The van der Waals surface area contributed by atoms with Crippen LogP contribution in [0.15, 0.2) is 6.20 Å². The number of nitrogens with zero attached hydrogens (tertiary/aromatic N) is 3. The molecule has 1 aromatic heterocycles. The first-order valence-electron chi connectivity index (χ1n) is 5.41. The summed E-state index contributed by atoms with van der Waals surface area (Å²) in [4.78, 5) is 10.7. The van der Waals surface area contributed by atoms with Gasteiger partial charge in [0.25, 0.3) is 0 Å². The van der Waals surface area contributed by atoms with Crippen LogP contribution in [0.1, 0.15) is 16.7 Å². The first-order chi connectivity index (χ1) is 8.95. The highest BCUT2D eigenvalue weighted by atomic mass is 16.6. The molecule has 1 aliphatic rings. The van der Waals surface area contributed by atoms with Crippen molar-refractivity contribution >= 4 is 5.97 Å². The van der Waals surface area contributed by atoms with Crippen LogP contribution in [0, 0.1) is 0 Å². The Labute approximate surface area is 106 Å². The van der Waals surface area contributed by atoms with E-state index in [0.717, 1.165) is 10.9 Å². The first-order valence-corrected chi connectivity index (χ1v) is 5.41. The monoisotopic (exact) mass is 275 g/mol. The van der Waals surface area contributed by atoms with Crippen molar-refractivity contribution < 1.29 is 35.1 Å². The second kappa shape index (κ2) is 5.19. The number of aliphatic hydroxyl groups is 4. The summed E-state index contributed by atoms with van der Waals surface area (Å²) in [6, 6.07) is 0. The van der Waals surface area contributed by atoms with Gasteiger partial charge in [-0.1, -0.05) is 5.21 Å². The quantitative estimate of drug-likeness (QED) is 0.386. The zero-order valence-corrected chi connectivity index (χ0v) is 9.57. The van der Waals surface area contributed by atoms with E-state index in [1.54, 1.807) is 0 Å². The van der Waals surface area contributed by atoms with E-state index in [2.05, 4.69) is 10.3 Å². The molecule has 0 aliphatic carbocycles. The molecule has 0 amide bonds. The molecule has 10 heteroatoms. The maximum Gasteiger partial charge on any atom is 0.358 e. The Hall–Kier alpha value is -1.59. The number of aliphatic hydroxyl groups excluding tert-OH is 4. The fourth-order valence-corrected chi connectivity index (χ4v) is 1.80. The van der Waals surface area contributed by atoms with Gasteiger partial charge in [-0.3, -0.25) is 0 Å². The summed E-state index contributed by atoms with van der Waals surface area (Å²) in [5.74, 6) is -1.31. The largest absolute Gasteiger partial charge is 0.476 e. The van der Waals surface area contributed by atoms with Gasteiger partial charge in [0.05, 0.1) is 12.8 Å². The van der Waals surface area contributed by atoms with Crippen LogP contribution in [0.3, 0.4) is 0 Å². The molecule has 5 N–H and O–H groups in total. The second-order valence-electron chi connectivity index (χ2n) is 4.11. The van der Waals surface area contributed by atoms with Crippen molar-refractivity contribution in [1.29, 1.82) is 0 Å². The minimum absolute atomic E-state index is 0.364. The third-order valence-corrected chi connectivity index (χ3v) is 2.86. The number of hydrogen-bond acceptors (Lipinski definition) is 8. The van der Waals surface area contributed by atoms with Crippen LogP contribution >= 0.6 is 0 Å². The first kappa shape index (κ1) is 13.8. The standard InChI is InChI=1S/C9H13N3O7/c13-2-4-5(14)6(15)7(16)8(19-4)12-1-3(9(17)18)10-11-12/h1,4-8,13-16H,2H2,(H,17,18)/t4-,5-,6+,7-,8-/m1/s1. The highest BCUT2D eigenvalue weighted by Gasteiger charge is 2.44. The number of rotatable bonds is 3. The zero-order chi connectivity index (χ0) is 14.2. The normalized spacial score (nSPS) is 35.3. The Kier molecular flexibility index (Phi) is 3.78. The van der Waals surface area contributed by atoms with Crippen molar-refractivity contribution in [3.8, 4) is 0 Å². The number of ether oxygens (including phenoxy) is 1. The number of carboxylic acids is 1. The molecular weight excluding hydrogens is 262 g/mol. The topological polar surface area (TPSA) is 158 Å². The van der Waals surface area contributed by atoms with Crippen molar-refractivity contribution in [2.24, 2.45) is 0 Å². The molecule has 0 bridgehead atoms. The maximum atomic E-state index is 10.7. The summed E-state index contributed by atoms with van der Waals surface area (Å²) in [7, 11) is 0. The van der Waals surface area contributed by atoms with Gasteiger partial charge in [-0.2, -0.15) is 0 Å². The highest BCUT2D eigenvalue weighted by molar-refractivity contribution is 5.84. The molecule has 0 unspecified atom stereocenters. The predicted molar refractivity (Wildman–Crippen MR) is 56.0 cm³/mol. The summed E-state index contributed by atoms with van der Waals surface area (Å²) in [6.07, 6.45) is -5.93. The lowest BCUT2D eigenvalue weighted by atomic mass is 9.98. The summed E-state index contributed by atoms with van der Waals surface area (Å²) in [5, 5.41) is 53.4. The van der Waals surface area contributed by atoms with Gasteiger partial charge in [-0.15, -0.1) is 5.10 Å². The lowest BCUT2D eigenvalue weighted by Gasteiger charge is -2.39. The van der Waals surface area contributed by atoms with E-state index in [1.165, 1.54) is 0 Å². The van der Waals surface area contributed by atoms with Crippen molar-refractivity contribution in [2.75, 3.05) is 6.61 Å². The minimum atomic E-state index is -1.56. The number of carboxylic acid groups (broad SMARTS) is 1. The van der Waals surface area contributed by atoms with E-state index >= 15 is 0 Å². The van der Waals surface area contributed by atoms with E-state index in [1.807, 2.05) is 0 Å². The van der Waals surface area contributed by atoms with Gasteiger partial charge in [-0.05, 0) is 0 Å². The summed E-state index contributed by atoms with van der Waals surface area (Å²) in [5.41, 5.74) is -0.364. The van der Waals surface area contributed by atoms with E-state index in [-0.39, 0.29) is 5.69 Å². The Morgan fingerprint density at radius 1 is 1.32 bits per heavy atom. The molecule has 1 fully saturated rings. The number of hydrogen-bond donors (Lipinski definition) is 5. The Bertz CT molecular complexity index is 462. The van der Waals surface area contributed by atoms with Gasteiger partial charge in [0.15, 0.2) is 11.9 Å². The Morgan fingerprint density at radius 3 is 2.53 bits per heavy atom. The van der Waals surface area contributed by atoms with Crippen LogP contribution in [0.4, 0.5) is 0 Å². The summed E-state index contributed by atoms with van der Waals surface area (Å²) >= 11 is 0. The SMILES string of the molecule is O=C(O)c1cn([C@@H]2O[C@H](CO)[C@@H](O)[C@H](O)[C@H]2O)nn1. The number of aromatic nitrogens is 3. The molecule has 2 rings (SSSR count). The van der Waals surface area contributed by atoms with Crippen LogP contribution < -0.4 is 0 Å². The molecule has 10 nitrogen and oxygen atoms in total. The van der Waals surface area contributed by atoms with Gasteiger partial charge in [0, 0.05) is 0 Å². The average molecular weight is 275 g/mol. The molecule has 2 heterocycles. The molecular formula is C9H13N3O7. The van der Waals surface area contributed by atoms with Crippen molar-refractivity contribution in [3.63, 3.8) is 0 Å². The molecule has 1 saturated heterocycles. The van der Waals surface area contributed by atoms with E-state index in [0.29, 0.717) is 0 Å². The van der Waals surface area contributed by atoms with Gasteiger partial charge in [0.1, 0.15) is 24.4 Å². The molecule has 106 valence electrons. The number of aromatic carboxylic acids is 1. The maximum absolute atomic E-state index is 10.7. The van der Waals surface area contributed by atoms with E-state index < -0.39 is 43.2 Å². The van der Waals surface area contributed by atoms with Crippen molar-refractivity contribution in [3.05, 3.63) is 11.9 Å². The van der Waals surface area contributed by atoms with Crippen molar-refractivity contribution in [1.82, 2.24) is 15.0 Å². The van der Waals surface area contributed by atoms with Crippen molar-refractivity contribution in [2.45, 2.75) is 30.6 Å². The Balaban J connectivity index is 2.24. The van der Waals surface area contributed by atoms with Crippen LogP contribution in [0.2, 0.25) is 0 Å². The van der Waals surface area contributed by atoms with Gasteiger partial charge in [0.2, 0.25) is 0 Å². The average Bonchev–Trinajstić information content (AvgIpc) is 2.86. The highest BCUT2D eigenvalue weighted by Crippen LogP contribution is 2.27. The number of carbonyl (C=O) groups is 1. The second-order valence-corrected chi connectivity index (χ2v) is 4.11. The van der Waals surface area contributed by atoms with E-state index in [9.17, 15) is 20.1 Å². The fraction of sp³-hybridized carbons (Fsp3) is 0.667. The minimum Gasteiger partial charge on any atom is -0.476 e. The van der Waals surface area contributed by atoms with Crippen LogP contribution in [-0.2, 0) is 4.74 Å². The van der Waals surface area contributed by atoms with Gasteiger partial charge in [-0.25, -0.2) is 9.48 Å². The van der Waals surface area contributed by atoms with Gasteiger partial charge < -0.3 is 30.3 Å². The molecule has 1 aromatic rings.